The van der Waals surface area contributed by atoms with Gasteiger partial charge in [0, 0.05) is 45.0 Å². The Balaban J connectivity index is 1.55. The van der Waals surface area contributed by atoms with Gasteiger partial charge in [0.15, 0.2) is 0 Å². The Morgan fingerprint density at radius 3 is 2.80 bits per heavy atom. The van der Waals surface area contributed by atoms with E-state index in [-0.39, 0.29) is 11.8 Å². The molecule has 2 amide bonds. The van der Waals surface area contributed by atoms with E-state index in [1.165, 1.54) is 0 Å². The summed E-state index contributed by atoms with van der Waals surface area (Å²) >= 11 is 0. The molecule has 2 N–H and O–H groups in total. The summed E-state index contributed by atoms with van der Waals surface area (Å²) < 4.78 is 5.46. The number of morpholine rings is 1. The maximum absolute atomic E-state index is 12.4. The Kier molecular flexibility index (Phi) is 6.01. The second-order valence-electron chi connectivity index (χ2n) is 6.61. The van der Waals surface area contributed by atoms with Crippen LogP contribution in [-0.4, -0.2) is 80.6 Å². The van der Waals surface area contributed by atoms with Gasteiger partial charge < -0.3 is 25.2 Å². The molecule has 2 aliphatic heterocycles. The number of carbonyl (C=O) groups is 2. The van der Waals surface area contributed by atoms with Crippen LogP contribution in [0, 0.1) is 0 Å². The quantitative estimate of drug-likeness (QED) is 0.798. The summed E-state index contributed by atoms with van der Waals surface area (Å²) in [5.41, 5.74) is 1.60. The zero-order valence-corrected chi connectivity index (χ0v) is 14.7. The molecule has 7 nitrogen and oxygen atoms in total. The highest BCUT2D eigenvalue weighted by atomic mass is 16.5. The van der Waals surface area contributed by atoms with Crippen LogP contribution in [0.1, 0.15) is 5.56 Å². The molecule has 7 heteroatoms. The molecule has 2 fully saturated rings. The number of likely N-dealkylation sites (N-methyl/N-ethyl adjacent to an activating group) is 1. The Morgan fingerprint density at radius 1 is 1.28 bits per heavy atom. The first-order chi connectivity index (χ1) is 12.1. The van der Waals surface area contributed by atoms with Gasteiger partial charge in [-0.3, -0.25) is 9.59 Å². The normalized spacial score (nSPS) is 21.8. The number of carbonyl (C=O) groups excluding carboxylic acids is 2. The fraction of sp³-hybridized carbons (Fsp3) is 0.556. The number of piperazine rings is 1. The smallest absolute Gasteiger partial charge is 0.254 e. The van der Waals surface area contributed by atoms with Gasteiger partial charge in [0.2, 0.25) is 5.91 Å². The molecule has 136 valence electrons. The highest BCUT2D eigenvalue weighted by molar-refractivity contribution is 5.94. The van der Waals surface area contributed by atoms with Gasteiger partial charge in [0.25, 0.3) is 5.91 Å². The van der Waals surface area contributed by atoms with Crippen molar-refractivity contribution in [3.8, 4) is 0 Å². The number of nitrogens with zero attached hydrogens (tertiary/aromatic N) is 2. The fourth-order valence-electron chi connectivity index (χ4n) is 3.06. The second kappa shape index (κ2) is 8.42. The third-order valence-electron chi connectivity index (χ3n) is 4.63. The van der Waals surface area contributed by atoms with Gasteiger partial charge in [0.05, 0.1) is 13.0 Å². The Hall–Kier alpha value is -1.96. The van der Waals surface area contributed by atoms with Crippen molar-refractivity contribution >= 4 is 17.5 Å². The van der Waals surface area contributed by atoms with Crippen molar-refractivity contribution in [1.29, 1.82) is 0 Å². The van der Waals surface area contributed by atoms with Crippen molar-refractivity contribution in [2.45, 2.75) is 12.5 Å². The van der Waals surface area contributed by atoms with Crippen molar-refractivity contribution in [2.75, 3.05) is 58.2 Å². The SMILES string of the molecule is CN1CCN(C(=O)Cc2cccc(NC(=O)C3CNCCO3)c2)CC1. The zero-order chi connectivity index (χ0) is 17.6. The van der Waals surface area contributed by atoms with Gasteiger partial charge in [-0.1, -0.05) is 12.1 Å². The number of ether oxygens (including phenoxy) is 1. The number of hydrogen-bond acceptors (Lipinski definition) is 5. The number of rotatable bonds is 4. The van der Waals surface area contributed by atoms with Crippen molar-refractivity contribution in [3.63, 3.8) is 0 Å². The van der Waals surface area contributed by atoms with Crippen molar-refractivity contribution < 1.29 is 14.3 Å². The minimum absolute atomic E-state index is 0.136. The largest absolute Gasteiger partial charge is 0.366 e. The van der Waals surface area contributed by atoms with Crippen LogP contribution in [0.4, 0.5) is 5.69 Å². The summed E-state index contributed by atoms with van der Waals surface area (Å²) in [7, 11) is 2.07. The van der Waals surface area contributed by atoms with Crippen LogP contribution in [0.3, 0.4) is 0 Å². The highest BCUT2D eigenvalue weighted by Crippen LogP contribution is 2.14. The summed E-state index contributed by atoms with van der Waals surface area (Å²) in [4.78, 5) is 28.8. The van der Waals surface area contributed by atoms with Crippen LogP contribution in [-0.2, 0) is 20.7 Å². The van der Waals surface area contributed by atoms with Crippen molar-refractivity contribution in [2.24, 2.45) is 0 Å². The molecular weight excluding hydrogens is 320 g/mol. The van der Waals surface area contributed by atoms with E-state index in [2.05, 4.69) is 22.6 Å². The summed E-state index contributed by atoms with van der Waals surface area (Å²) in [6.45, 7) is 5.21. The number of nitrogens with one attached hydrogen (secondary N) is 2. The van der Waals surface area contributed by atoms with Crippen molar-refractivity contribution in [1.82, 2.24) is 15.1 Å². The third kappa shape index (κ3) is 5.01. The molecule has 3 rings (SSSR count). The Bertz CT molecular complexity index is 608. The molecule has 0 radical (unpaired) electrons. The highest BCUT2D eigenvalue weighted by Gasteiger charge is 2.22. The molecule has 0 saturated carbocycles. The van der Waals surface area contributed by atoms with E-state index in [1.807, 2.05) is 29.2 Å². The summed E-state index contributed by atoms with van der Waals surface area (Å²) in [6, 6.07) is 7.48. The lowest BCUT2D eigenvalue weighted by atomic mass is 10.1. The molecule has 1 atom stereocenters. The molecule has 2 aliphatic rings. The van der Waals surface area contributed by atoms with E-state index in [0.717, 1.165) is 38.3 Å². The molecule has 25 heavy (non-hydrogen) atoms. The minimum Gasteiger partial charge on any atom is -0.366 e. The maximum Gasteiger partial charge on any atom is 0.254 e. The predicted octanol–water partition coefficient (Wildman–Crippen LogP) is -0.0700. The first-order valence-electron chi connectivity index (χ1n) is 8.80. The molecule has 1 aromatic carbocycles. The van der Waals surface area contributed by atoms with Crippen LogP contribution in [0.2, 0.25) is 0 Å². The predicted molar refractivity (Wildman–Crippen MR) is 95.5 cm³/mol. The molecule has 2 saturated heterocycles. The number of anilines is 1. The summed E-state index contributed by atoms with van der Waals surface area (Å²) in [5, 5.41) is 6.01. The summed E-state index contributed by atoms with van der Waals surface area (Å²) in [6.07, 6.45) is -0.112. The van der Waals surface area contributed by atoms with Gasteiger partial charge in [-0.15, -0.1) is 0 Å². The standard InChI is InChI=1S/C18H26N4O3/c1-21-6-8-22(9-7-21)17(23)12-14-3-2-4-15(11-14)20-18(24)16-13-19-5-10-25-16/h2-4,11,16,19H,5-10,12-13H2,1H3,(H,20,24). The van der Waals surface area contributed by atoms with Gasteiger partial charge in [-0.25, -0.2) is 0 Å². The third-order valence-corrected chi connectivity index (χ3v) is 4.63. The fourth-order valence-corrected chi connectivity index (χ4v) is 3.06. The van der Waals surface area contributed by atoms with Crippen LogP contribution in [0.5, 0.6) is 0 Å². The minimum atomic E-state index is -0.468. The number of amides is 2. The second-order valence-corrected chi connectivity index (χ2v) is 6.61. The summed E-state index contributed by atoms with van der Waals surface area (Å²) in [5.74, 6) is -0.0221. The molecular formula is C18H26N4O3. The first kappa shape index (κ1) is 17.8. The van der Waals surface area contributed by atoms with E-state index in [0.29, 0.717) is 25.3 Å². The van der Waals surface area contributed by atoms with E-state index in [9.17, 15) is 9.59 Å². The first-order valence-corrected chi connectivity index (χ1v) is 8.80. The molecule has 0 spiro atoms. The Labute approximate surface area is 148 Å². The number of hydrogen-bond donors (Lipinski definition) is 2. The molecule has 0 aromatic heterocycles. The van der Waals surface area contributed by atoms with E-state index >= 15 is 0 Å². The average Bonchev–Trinajstić information content (AvgIpc) is 2.63. The van der Waals surface area contributed by atoms with Gasteiger partial charge in [-0.05, 0) is 24.7 Å². The average molecular weight is 346 g/mol. The lowest BCUT2D eigenvalue weighted by Gasteiger charge is -2.32. The van der Waals surface area contributed by atoms with Gasteiger partial charge >= 0.3 is 0 Å². The molecule has 2 heterocycles. The maximum atomic E-state index is 12.4. The van der Waals surface area contributed by atoms with Gasteiger partial charge in [0.1, 0.15) is 6.10 Å². The lowest BCUT2D eigenvalue weighted by molar-refractivity contribution is -0.132. The zero-order valence-electron chi connectivity index (χ0n) is 14.7. The van der Waals surface area contributed by atoms with Crippen LogP contribution < -0.4 is 10.6 Å². The van der Waals surface area contributed by atoms with Gasteiger partial charge in [-0.2, -0.15) is 0 Å². The molecule has 0 aliphatic carbocycles. The molecule has 1 unspecified atom stereocenters. The molecule has 1 aromatic rings. The van der Waals surface area contributed by atoms with E-state index in [1.54, 1.807) is 0 Å². The van der Waals surface area contributed by atoms with Crippen LogP contribution in [0.15, 0.2) is 24.3 Å². The van der Waals surface area contributed by atoms with Crippen molar-refractivity contribution in [3.05, 3.63) is 29.8 Å². The van der Waals surface area contributed by atoms with E-state index in [4.69, 9.17) is 4.74 Å². The molecule has 0 bridgehead atoms. The van der Waals surface area contributed by atoms with Crippen LogP contribution >= 0.6 is 0 Å². The lowest BCUT2D eigenvalue weighted by Crippen LogP contribution is -2.47. The van der Waals surface area contributed by atoms with Crippen LogP contribution in [0.25, 0.3) is 0 Å². The number of benzene rings is 1. The van der Waals surface area contributed by atoms with E-state index < -0.39 is 6.10 Å². The monoisotopic (exact) mass is 346 g/mol. The Morgan fingerprint density at radius 2 is 2.08 bits per heavy atom. The topological polar surface area (TPSA) is 73.9 Å².